The monoisotopic (exact) mass is 680 g/mol. The van der Waals surface area contributed by atoms with Crippen LogP contribution in [0.15, 0.2) is 71.7 Å². The van der Waals surface area contributed by atoms with Crippen molar-refractivity contribution in [1.82, 2.24) is 15.1 Å². The van der Waals surface area contributed by atoms with Gasteiger partial charge in [-0.05, 0) is 67.4 Å². The van der Waals surface area contributed by atoms with Crippen LogP contribution < -0.4 is 14.8 Å². The van der Waals surface area contributed by atoms with Gasteiger partial charge in [-0.3, -0.25) is 9.89 Å². The van der Waals surface area contributed by atoms with E-state index in [0.29, 0.717) is 46.0 Å². The lowest BCUT2D eigenvalue weighted by Gasteiger charge is -2.36. The SMILES string of the molecule is COc1ccc(OC(C)C)c(C2=NC(c3ccc(Cl)cc3)C(c3ccc(Cl)cc3)N2C(=O)N2CCNCC2)c1.O=C(O)C(F)(F)F. The number of nitrogens with one attached hydrogen (secondary N) is 1. The van der Waals surface area contributed by atoms with Crippen LogP contribution in [-0.4, -0.2) is 78.3 Å². The van der Waals surface area contributed by atoms with Gasteiger partial charge in [0.25, 0.3) is 0 Å². The van der Waals surface area contributed by atoms with E-state index in [1.54, 1.807) is 7.11 Å². The fourth-order valence-corrected chi connectivity index (χ4v) is 5.28. The van der Waals surface area contributed by atoms with E-state index in [0.717, 1.165) is 24.2 Å². The minimum atomic E-state index is -5.08. The Morgan fingerprint density at radius 2 is 1.50 bits per heavy atom. The lowest BCUT2D eigenvalue weighted by molar-refractivity contribution is -0.192. The molecule has 0 saturated carbocycles. The third-order valence-corrected chi connectivity index (χ3v) is 7.62. The fraction of sp³-hybridized carbons (Fsp3) is 0.344. The van der Waals surface area contributed by atoms with Crippen molar-refractivity contribution in [3.05, 3.63) is 93.5 Å². The first-order valence-corrected chi connectivity index (χ1v) is 15.1. The number of piperazine rings is 1. The number of amidine groups is 1. The van der Waals surface area contributed by atoms with Crippen LogP contribution in [-0.2, 0) is 4.79 Å². The van der Waals surface area contributed by atoms with Gasteiger partial charge >= 0.3 is 18.2 Å². The van der Waals surface area contributed by atoms with E-state index in [9.17, 15) is 18.0 Å². The van der Waals surface area contributed by atoms with E-state index in [-0.39, 0.29) is 18.2 Å². The van der Waals surface area contributed by atoms with Crippen molar-refractivity contribution < 1.29 is 37.3 Å². The molecule has 2 atom stereocenters. The Labute approximate surface area is 274 Å². The summed E-state index contributed by atoms with van der Waals surface area (Å²) in [7, 11) is 1.62. The van der Waals surface area contributed by atoms with E-state index < -0.39 is 18.2 Å². The highest BCUT2D eigenvalue weighted by atomic mass is 35.5. The van der Waals surface area contributed by atoms with Gasteiger partial charge in [0.05, 0.1) is 24.8 Å². The van der Waals surface area contributed by atoms with Crippen molar-refractivity contribution in [3.8, 4) is 11.5 Å². The number of halogens is 5. The van der Waals surface area contributed by atoms with Crippen molar-refractivity contribution in [3.63, 3.8) is 0 Å². The number of carbonyl (C=O) groups excluding carboxylic acids is 1. The van der Waals surface area contributed by atoms with Gasteiger partial charge in [0.1, 0.15) is 23.4 Å². The maximum atomic E-state index is 14.4. The highest BCUT2D eigenvalue weighted by Gasteiger charge is 2.45. The minimum Gasteiger partial charge on any atom is -0.497 e. The van der Waals surface area contributed by atoms with Gasteiger partial charge in [0, 0.05) is 36.2 Å². The topological polar surface area (TPSA) is 104 Å². The first-order valence-electron chi connectivity index (χ1n) is 14.3. The van der Waals surface area contributed by atoms with Crippen molar-refractivity contribution in [2.45, 2.75) is 38.2 Å². The number of hydrogen-bond donors (Lipinski definition) is 2. The number of benzene rings is 3. The second-order valence-corrected chi connectivity index (χ2v) is 11.5. The quantitative estimate of drug-likeness (QED) is 0.291. The zero-order valence-electron chi connectivity index (χ0n) is 25.2. The number of aliphatic imine (C=N–C) groups is 1. The van der Waals surface area contributed by atoms with Crippen LogP contribution in [0.3, 0.4) is 0 Å². The Morgan fingerprint density at radius 3 is 2.00 bits per heavy atom. The molecule has 2 aliphatic rings. The smallest absolute Gasteiger partial charge is 0.490 e. The number of amides is 2. The molecule has 46 heavy (non-hydrogen) atoms. The van der Waals surface area contributed by atoms with Crippen LogP contribution >= 0.6 is 23.2 Å². The molecule has 2 amide bonds. The van der Waals surface area contributed by atoms with E-state index in [2.05, 4.69) is 5.32 Å². The third-order valence-electron chi connectivity index (χ3n) is 7.12. The second kappa shape index (κ2) is 15.1. The molecule has 5 rings (SSSR count). The average molecular weight is 682 g/mol. The summed E-state index contributed by atoms with van der Waals surface area (Å²) in [6.45, 7) is 6.63. The molecule has 0 bridgehead atoms. The highest BCUT2D eigenvalue weighted by Crippen LogP contribution is 2.46. The number of carboxylic acid groups (broad SMARTS) is 1. The van der Waals surface area contributed by atoms with E-state index in [4.69, 9.17) is 47.6 Å². The Kier molecular flexibility index (Phi) is 11.4. The zero-order valence-corrected chi connectivity index (χ0v) is 26.7. The molecule has 246 valence electrons. The summed E-state index contributed by atoms with van der Waals surface area (Å²) in [4.78, 5) is 32.2. The molecule has 0 radical (unpaired) electrons. The predicted molar refractivity (Wildman–Crippen MR) is 169 cm³/mol. The molecular formula is C32H33Cl2F3N4O5. The van der Waals surface area contributed by atoms with Crippen LogP contribution in [0, 0.1) is 0 Å². The molecule has 0 aliphatic carbocycles. The number of ether oxygens (including phenoxy) is 2. The molecule has 0 spiro atoms. The largest absolute Gasteiger partial charge is 0.497 e. The van der Waals surface area contributed by atoms with Gasteiger partial charge in [-0.25, -0.2) is 9.59 Å². The lowest BCUT2D eigenvalue weighted by atomic mass is 9.93. The number of alkyl halides is 3. The Bertz CT molecular complexity index is 1550. The highest BCUT2D eigenvalue weighted by molar-refractivity contribution is 6.30. The molecule has 14 heteroatoms. The number of aliphatic carboxylic acids is 1. The molecular weight excluding hydrogens is 648 g/mol. The lowest BCUT2D eigenvalue weighted by Crippen LogP contribution is -2.53. The van der Waals surface area contributed by atoms with Crippen LogP contribution in [0.25, 0.3) is 0 Å². The molecule has 1 fully saturated rings. The van der Waals surface area contributed by atoms with E-state index in [1.165, 1.54) is 0 Å². The molecule has 1 saturated heterocycles. The molecule has 3 aromatic carbocycles. The van der Waals surface area contributed by atoms with E-state index >= 15 is 0 Å². The van der Waals surface area contributed by atoms with Gasteiger partial charge in [-0.15, -0.1) is 0 Å². The van der Waals surface area contributed by atoms with Crippen LogP contribution in [0.4, 0.5) is 18.0 Å². The van der Waals surface area contributed by atoms with Gasteiger partial charge in [-0.2, -0.15) is 13.2 Å². The summed E-state index contributed by atoms with van der Waals surface area (Å²) in [6, 6.07) is 20.0. The van der Waals surface area contributed by atoms with Gasteiger partial charge in [0.2, 0.25) is 0 Å². The summed E-state index contributed by atoms with van der Waals surface area (Å²) >= 11 is 12.5. The Hall–Kier alpha value is -4.00. The fourth-order valence-electron chi connectivity index (χ4n) is 5.03. The number of rotatable bonds is 6. The number of methoxy groups -OCH3 is 1. The minimum absolute atomic E-state index is 0.0735. The Morgan fingerprint density at radius 1 is 0.957 bits per heavy atom. The van der Waals surface area contributed by atoms with Crippen molar-refractivity contribution in [2.75, 3.05) is 33.3 Å². The Balaban J connectivity index is 0.000000617. The average Bonchev–Trinajstić information content (AvgIpc) is 3.42. The second-order valence-electron chi connectivity index (χ2n) is 10.7. The first kappa shape index (κ1) is 34.9. The third kappa shape index (κ3) is 8.42. The molecule has 2 heterocycles. The van der Waals surface area contributed by atoms with Crippen LogP contribution in [0.5, 0.6) is 11.5 Å². The number of hydrogen-bond acceptors (Lipinski definition) is 6. The van der Waals surface area contributed by atoms with Crippen molar-refractivity contribution in [2.24, 2.45) is 4.99 Å². The molecule has 9 nitrogen and oxygen atoms in total. The zero-order chi connectivity index (χ0) is 33.6. The normalized spacial score (nSPS) is 18.1. The number of carboxylic acids is 1. The van der Waals surface area contributed by atoms with Gasteiger partial charge in [-0.1, -0.05) is 47.5 Å². The summed E-state index contributed by atoms with van der Waals surface area (Å²) in [5.41, 5.74) is 2.57. The molecule has 0 aromatic heterocycles. The first-order chi connectivity index (χ1) is 21.8. The maximum absolute atomic E-state index is 14.4. The van der Waals surface area contributed by atoms with Crippen molar-refractivity contribution >= 4 is 41.0 Å². The van der Waals surface area contributed by atoms with Crippen LogP contribution in [0.2, 0.25) is 10.0 Å². The number of carbonyl (C=O) groups is 2. The summed E-state index contributed by atoms with van der Waals surface area (Å²) in [5.74, 6) is -0.939. The molecule has 2 N–H and O–H groups in total. The van der Waals surface area contributed by atoms with Crippen LogP contribution in [0.1, 0.15) is 42.6 Å². The number of urea groups is 1. The van der Waals surface area contributed by atoms with Crippen molar-refractivity contribution in [1.29, 1.82) is 0 Å². The summed E-state index contributed by atoms with van der Waals surface area (Å²) in [5, 5.41) is 11.7. The molecule has 3 aromatic rings. The van der Waals surface area contributed by atoms with Gasteiger partial charge in [0.15, 0.2) is 0 Å². The van der Waals surface area contributed by atoms with Gasteiger partial charge < -0.3 is 24.8 Å². The molecule has 2 unspecified atom stereocenters. The summed E-state index contributed by atoms with van der Waals surface area (Å²) in [6.07, 6.45) is -5.16. The summed E-state index contributed by atoms with van der Waals surface area (Å²) < 4.78 is 43.5. The number of nitrogens with zero attached hydrogens (tertiary/aromatic N) is 3. The maximum Gasteiger partial charge on any atom is 0.490 e. The predicted octanol–water partition coefficient (Wildman–Crippen LogP) is 6.99. The standard InChI is InChI=1S/C30H32Cl2N4O3.C2HF3O2/c1-19(2)39-26-13-12-24(38-3)18-25(26)29-34-27(20-4-8-22(31)9-5-20)28(21-6-10-23(32)11-7-21)36(29)30(37)35-16-14-33-15-17-35;3-2(4,5)1(6)7/h4-13,18-19,27-28,33H,14-17H2,1-3H3;(H,6,7). The molecule has 2 aliphatic heterocycles. The van der Waals surface area contributed by atoms with E-state index in [1.807, 2.05) is 90.4 Å².